The van der Waals surface area contributed by atoms with Crippen molar-refractivity contribution in [3.63, 3.8) is 0 Å². The minimum Gasteiger partial charge on any atom is -0.369 e. The van der Waals surface area contributed by atoms with Gasteiger partial charge >= 0.3 is 0 Å². The number of fused-ring (bicyclic) bond motifs is 4. The molecule has 1 aromatic carbocycles. The van der Waals surface area contributed by atoms with Crippen LogP contribution in [0.2, 0.25) is 0 Å². The molecule has 1 saturated heterocycles. The summed E-state index contributed by atoms with van der Waals surface area (Å²) in [7, 11) is 0. The summed E-state index contributed by atoms with van der Waals surface area (Å²) in [5.74, 6) is 0. The van der Waals surface area contributed by atoms with Crippen LogP contribution in [0.1, 0.15) is 30.2 Å². The molecule has 1 N–H and O–H groups in total. The number of benzene rings is 1. The number of ether oxygens (including phenoxy) is 1. The molecular weight excluding hydrogens is 254 g/mol. The van der Waals surface area contributed by atoms with E-state index in [0.29, 0.717) is 6.04 Å². The molecule has 0 saturated carbocycles. The quantitative estimate of drug-likeness (QED) is 0.794. The van der Waals surface area contributed by atoms with Crippen LogP contribution in [-0.4, -0.2) is 19.2 Å². The first-order valence-corrected chi connectivity index (χ1v) is 7.98. The van der Waals surface area contributed by atoms with E-state index in [1.165, 1.54) is 15.0 Å². The smallest absolute Gasteiger partial charge is 0.105 e. The number of hydrogen-bond acceptors (Lipinski definition) is 3. The third kappa shape index (κ3) is 1.76. The Morgan fingerprint density at radius 2 is 2.26 bits per heavy atom. The molecule has 19 heavy (non-hydrogen) atoms. The molecule has 0 amide bonds. The highest BCUT2D eigenvalue weighted by Gasteiger charge is 2.42. The predicted molar refractivity (Wildman–Crippen MR) is 79.9 cm³/mol. The highest BCUT2D eigenvalue weighted by molar-refractivity contribution is 7.19. The molecule has 2 aliphatic heterocycles. The van der Waals surface area contributed by atoms with Gasteiger partial charge in [0.1, 0.15) is 5.60 Å². The number of hydrogen-bond donors (Lipinski definition) is 1. The van der Waals surface area contributed by atoms with Crippen molar-refractivity contribution >= 4 is 21.4 Å². The Morgan fingerprint density at radius 1 is 1.37 bits per heavy atom. The summed E-state index contributed by atoms with van der Waals surface area (Å²) in [6.07, 6.45) is 3.28. The molecule has 2 aromatic rings. The molecule has 2 nitrogen and oxygen atoms in total. The summed E-state index contributed by atoms with van der Waals surface area (Å²) in [5.41, 5.74) is 1.54. The van der Waals surface area contributed by atoms with Crippen LogP contribution >= 0.6 is 11.3 Å². The second-order valence-corrected chi connectivity index (χ2v) is 6.86. The van der Waals surface area contributed by atoms with E-state index in [4.69, 9.17) is 4.74 Å². The fourth-order valence-electron chi connectivity index (χ4n) is 3.66. The summed E-state index contributed by atoms with van der Waals surface area (Å²) in [5, 5.41) is 5.00. The molecule has 1 spiro atoms. The lowest BCUT2D eigenvalue weighted by Crippen LogP contribution is -2.48. The molecule has 1 aromatic heterocycles. The molecule has 2 aliphatic rings. The third-order valence-electron chi connectivity index (χ3n) is 4.50. The largest absolute Gasteiger partial charge is 0.369 e. The molecule has 100 valence electrons. The van der Waals surface area contributed by atoms with E-state index in [1.807, 2.05) is 11.3 Å². The third-order valence-corrected chi connectivity index (χ3v) is 5.90. The molecule has 0 radical (unpaired) electrons. The summed E-state index contributed by atoms with van der Waals surface area (Å²) in [4.78, 5) is 1.51. The normalized spacial score (nSPS) is 30.7. The lowest BCUT2D eigenvalue weighted by Gasteiger charge is -2.42. The van der Waals surface area contributed by atoms with Crippen LogP contribution in [0.15, 0.2) is 24.3 Å². The second-order valence-electron chi connectivity index (χ2n) is 5.81. The highest BCUT2D eigenvalue weighted by atomic mass is 32.1. The number of nitrogens with one attached hydrogen (secondary N) is 1. The van der Waals surface area contributed by atoms with Crippen molar-refractivity contribution in [1.29, 1.82) is 0 Å². The lowest BCUT2D eigenvalue weighted by molar-refractivity contribution is -0.0846. The van der Waals surface area contributed by atoms with Crippen molar-refractivity contribution in [1.82, 2.24) is 5.32 Å². The van der Waals surface area contributed by atoms with Crippen LogP contribution < -0.4 is 5.32 Å². The van der Waals surface area contributed by atoms with Gasteiger partial charge in [0.15, 0.2) is 0 Å². The van der Waals surface area contributed by atoms with Crippen LogP contribution in [0.5, 0.6) is 0 Å². The lowest BCUT2D eigenvalue weighted by atomic mass is 9.82. The zero-order valence-corrected chi connectivity index (χ0v) is 12.1. The standard InChI is InChI=1S/C16H19NOS/c1-11-10-16(7-8-17-11)15-13(6-9-18-16)12-4-2-3-5-14(12)19-15/h2-5,11,17H,6-10H2,1H3/t11-,16?/m0/s1. The SMILES string of the molecule is C[C@H]1CC2(CCN1)OCCc1c2sc2ccccc12. The van der Waals surface area contributed by atoms with E-state index in [-0.39, 0.29) is 5.60 Å². The summed E-state index contributed by atoms with van der Waals surface area (Å²) < 4.78 is 7.72. The molecule has 1 fully saturated rings. The maximum absolute atomic E-state index is 6.30. The Kier molecular flexibility index (Phi) is 2.69. The number of rotatable bonds is 0. The first-order chi connectivity index (χ1) is 9.28. The van der Waals surface area contributed by atoms with Crippen LogP contribution in [0, 0.1) is 0 Å². The van der Waals surface area contributed by atoms with Gasteiger partial charge < -0.3 is 10.1 Å². The Balaban J connectivity index is 1.90. The van der Waals surface area contributed by atoms with Gasteiger partial charge in [0, 0.05) is 15.6 Å². The van der Waals surface area contributed by atoms with Crippen molar-refractivity contribution < 1.29 is 4.74 Å². The fourth-order valence-corrected chi connectivity index (χ4v) is 5.09. The molecule has 0 bridgehead atoms. The van der Waals surface area contributed by atoms with E-state index in [2.05, 4.69) is 36.5 Å². The van der Waals surface area contributed by atoms with E-state index < -0.39 is 0 Å². The number of thiophene rings is 1. The van der Waals surface area contributed by atoms with Gasteiger partial charge in [0.2, 0.25) is 0 Å². The number of piperidine rings is 1. The van der Waals surface area contributed by atoms with Gasteiger partial charge in [-0.2, -0.15) is 0 Å². The first-order valence-electron chi connectivity index (χ1n) is 7.17. The predicted octanol–water partition coefficient (Wildman–Crippen LogP) is 3.44. The maximum Gasteiger partial charge on any atom is 0.105 e. The van der Waals surface area contributed by atoms with Crippen molar-refractivity contribution in [3.05, 3.63) is 34.7 Å². The summed E-state index contributed by atoms with van der Waals surface area (Å²) in [6.45, 7) is 4.21. The average Bonchev–Trinajstić information content (AvgIpc) is 2.80. The zero-order valence-electron chi connectivity index (χ0n) is 11.2. The van der Waals surface area contributed by atoms with E-state index in [9.17, 15) is 0 Å². The van der Waals surface area contributed by atoms with Crippen molar-refractivity contribution in [2.75, 3.05) is 13.2 Å². The van der Waals surface area contributed by atoms with Crippen LogP contribution in [0.4, 0.5) is 0 Å². The van der Waals surface area contributed by atoms with Gasteiger partial charge in [-0.1, -0.05) is 18.2 Å². The van der Waals surface area contributed by atoms with Crippen LogP contribution in [-0.2, 0) is 16.8 Å². The second kappa shape index (κ2) is 4.30. The Hall–Kier alpha value is -0.900. The van der Waals surface area contributed by atoms with E-state index >= 15 is 0 Å². The Morgan fingerprint density at radius 3 is 3.16 bits per heavy atom. The minimum atomic E-state index is -0.0120. The highest BCUT2D eigenvalue weighted by Crippen LogP contribution is 2.47. The van der Waals surface area contributed by atoms with Gasteiger partial charge in [-0.05, 0) is 49.7 Å². The molecule has 3 heterocycles. The maximum atomic E-state index is 6.30. The summed E-state index contributed by atoms with van der Waals surface area (Å²) in [6, 6.07) is 9.36. The van der Waals surface area contributed by atoms with Crippen molar-refractivity contribution in [2.24, 2.45) is 0 Å². The molecule has 2 atom stereocenters. The van der Waals surface area contributed by atoms with Crippen LogP contribution in [0.3, 0.4) is 0 Å². The molecule has 0 aliphatic carbocycles. The van der Waals surface area contributed by atoms with Crippen molar-refractivity contribution in [3.8, 4) is 0 Å². The summed E-state index contributed by atoms with van der Waals surface area (Å²) >= 11 is 1.95. The van der Waals surface area contributed by atoms with Gasteiger partial charge in [-0.15, -0.1) is 11.3 Å². The van der Waals surface area contributed by atoms with Crippen molar-refractivity contribution in [2.45, 2.75) is 37.8 Å². The molecular formula is C16H19NOS. The monoisotopic (exact) mass is 273 g/mol. The Labute approximate surface area is 117 Å². The molecule has 4 rings (SSSR count). The van der Waals surface area contributed by atoms with E-state index in [0.717, 1.165) is 32.4 Å². The van der Waals surface area contributed by atoms with Gasteiger partial charge in [0.25, 0.3) is 0 Å². The van der Waals surface area contributed by atoms with Gasteiger partial charge in [0.05, 0.1) is 6.61 Å². The molecule has 1 unspecified atom stereocenters. The average molecular weight is 273 g/mol. The van der Waals surface area contributed by atoms with Crippen LogP contribution in [0.25, 0.3) is 10.1 Å². The fraction of sp³-hybridized carbons (Fsp3) is 0.500. The van der Waals surface area contributed by atoms with E-state index in [1.54, 1.807) is 5.56 Å². The molecule has 3 heteroatoms. The van der Waals surface area contributed by atoms with Gasteiger partial charge in [-0.3, -0.25) is 0 Å². The minimum absolute atomic E-state index is 0.0120. The first kappa shape index (κ1) is 11.9. The zero-order chi connectivity index (χ0) is 12.9. The van der Waals surface area contributed by atoms with Gasteiger partial charge in [-0.25, -0.2) is 0 Å². The Bertz CT molecular complexity index is 620. The topological polar surface area (TPSA) is 21.3 Å².